The van der Waals surface area contributed by atoms with Crippen LogP contribution >= 0.6 is 0 Å². The van der Waals surface area contributed by atoms with Gasteiger partial charge in [-0.05, 0) is 19.8 Å². The molecule has 0 radical (unpaired) electrons. The van der Waals surface area contributed by atoms with Crippen LogP contribution in [0.1, 0.15) is 44.8 Å². The van der Waals surface area contributed by atoms with Gasteiger partial charge in [0.1, 0.15) is 11.6 Å². The molecule has 7 heteroatoms. The SMILES string of the molecule is CC(C)Cc1ncc2c(n1)CN(c1cc(OC(C)C)nc(N)n1)C2. The van der Waals surface area contributed by atoms with Crippen LogP contribution in [0, 0.1) is 5.92 Å². The smallest absolute Gasteiger partial charge is 0.225 e. The molecule has 2 aromatic rings. The Kier molecular flexibility index (Phi) is 4.51. The predicted molar refractivity (Wildman–Crippen MR) is 92.7 cm³/mol. The molecule has 0 saturated carbocycles. The van der Waals surface area contributed by atoms with Crippen molar-refractivity contribution in [3.8, 4) is 5.88 Å². The van der Waals surface area contributed by atoms with Gasteiger partial charge in [0.25, 0.3) is 0 Å². The number of rotatable bonds is 5. The fraction of sp³-hybridized carbons (Fsp3) is 0.529. The highest BCUT2D eigenvalue weighted by Gasteiger charge is 2.23. The molecule has 1 aliphatic heterocycles. The van der Waals surface area contributed by atoms with Crippen LogP contribution in [-0.4, -0.2) is 26.0 Å². The maximum atomic E-state index is 5.83. The molecule has 0 aliphatic carbocycles. The number of nitrogens with two attached hydrogens (primary N) is 1. The van der Waals surface area contributed by atoms with Crippen LogP contribution in [-0.2, 0) is 19.5 Å². The third-order valence-electron chi connectivity index (χ3n) is 3.68. The molecule has 2 aromatic heterocycles. The van der Waals surface area contributed by atoms with Crippen LogP contribution in [0.2, 0.25) is 0 Å². The maximum Gasteiger partial charge on any atom is 0.225 e. The number of hydrogen-bond acceptors (Lipinski definition) is 7. The molecule has 0 aromatic carbocycles. The van der Waals surface area contributed by atoms with Crippen molar-refractivity contribution in [3.63, 3.8) is 0 Å². The Morgan fingerprint density at radius 1 is 1.17 bits per heavy atom. The van der Waals surface area contributed by atoms with Gasteiger partial charge in [0.15, 0.2) is 0 Å². The Bertz CT molecular complexity index is 731. The van der Waals surface area contributed by atoms with Crippen molar-refractivity contribution in [2.75, 3.05) is 10.6 Å². The first-order chi connectivity index (χ1) is 11.4. The van der Waals surface area contributed by atoms with Gasteiger partial charge in [0.05, 0.1) is 18.3 Å². The lowest BCUT2D eigenvalue weighted by Crippen LogP contribution is -2.18. The third-order valence-corrected chi connectivity index (χ3v) is 3.68. The summed E-state index contributed by atoms with van der Waals surface area (Å²) in [6.45, 7) is 9.66. The molecule has 0 fully saturated rings. The molecule has 0 unspecified atom stereocenters. The Labute approximate surface area is 142 Å². The lowest BCUT2D eigenvalue weighted by Gasteiger charge is -2.17. The number of hydrogen-bond donors (Lipinski definition) is 1. The summed E-state index contributed by atoms with van der Waals surface area (Å²) in [6, 6.07) is 1.82. The van der Waals surface area contributed by atoms with E-state index in [1.165, 1.54) is 0 Å². The van der Waals surface area contributed by atoms with Crippen molar-refractivity contribution in [3.05, 3.63) is 29.3 Å². The second-order valence-electron chi connectivity index (χ2n) is 6.80. The summed E-state index contributed by atoms with van der Waals surface area (Å²) in [5.74, 6) is 2.90. The standard InChI is InChI=1S/C17H24N6O/c1-10(2)5-14-19-7-12-8-23(9-13(12)20-14)15-6-16(24-11(3)4)22-17(18)21-15/h6-7,10-11H,5,8-9H2,1-4H3,(H2,18,21,22). The summed E-state index contributed by atoms with van der Waals surface area (Å²) in [4.78, 5) is 19.8. The van der Waals surface area contributed by atoms with Crippen molar-refractivity contribution in [2.45, 2.75) is 53.3 Å². The van der Waals surface area contributed by atoms with Crippen molar-refractivity contribution < 1.29 is 4.74 Å². The minimum atomic E-state index is 0.0346. The van der Waals surface area contributed by atoms with Crippen LogP contribution in [0.5, 0.6) is 5.88 Å². The molecule has 3 rings (SSSR count). The highest BCUT2D eigenvalue weighted by Crippen LogP contribution is 2.28. The molecular formula is C17H24N6O. The second-order valence-corrected chi connectivity index (χ2v) is 6.80. The van der Waals surface area contributed by atoms with E-state index in [1.807, 2.05) is 26.1 Å². The highest BCUT2D eigenvalue weighted by molar-refractivity contribution is 5.49. The van der Waals surface area contributed by atoms with Crippen molar-refractivity contribution >= 4 is 11.8 Å². The quantitative estimate of drug-likeness (QED) is 0.901. The molecule has 1 aliphatic rings. The molecule has 0 saturated heterocycles. The molecular weight excluding hydrogens is 304 g/mol. The highest BCUT2D eigenvalue weighted by atomic mass is 16.5. The van der Waals surface area contributed by atoms with E-state index in [0.717, 1.165) is 35.9 Å². The van der Waals surface area contributed by atoms with Gasteiger partial charge < -0.3 is 15.4 Å². The van der Waals surface area contributed by atoms with E-state index >= 15 is 0 Å². The maximum absolute atomic E-state index is 5.83. The summed E-state index contributed by atoms with van der Waals surface area (Å²) in [7, 11) is 0. The molecule has 0 bridgehead atoms. The van der Waals surface area contributed by atoms with Crippen LogP contribution in [0.4, 0.5) is 11.8 Å². The lowest BCUT2D eigenvalue weighted by molar-refractivity contribution is 0.232. The Hall–Kier alpha value is -2.44. The fourth-order valence-electron chi connectivity index (χ4n) is 2.71. The first-order valence-corrected chi connectivity index (χ1v) is 8.30. The lowest BCUT2D eigenvalue weighted by atomic mass is 10.1. The van der Waals surface area contributed by atoms with Gasteiger partial charge in [-0.3, -0.25) is 0 Å². The van der Waals surface area contributed by atoms with Crippen molar-refractivity contribution in [2.24, 2.45) is 5.92 Å². The average molecular weight is 328 g/mol. The van der Waals surface area contributed by atoms with E-state index in [9.17, 15) is 0 Å². The normalized spacial score (nSPS) is 13.7. The first-order valence-electron chi connectivity index (χ1n) is 8.30. The van der Waals surface area contributed by atoms with Crippen LogP contribution in [0.3, 0.4) is 0 Å². The summed E-state index contributed by atoms with van der Waals surface area (Å²) >= 11 is 0. The predicted octanol–water partition coefficient (Wildman–Crippen LogP) is 2.35. The van der Waals surface area contributed by atoms with Gasteiger partial charge in [-0.1, -0.05) is 13.8 Å². The second kappa shape index (κ2) is 6.59. The zero-order valence-electron chi connectivity index (χ0n) is 14.7. The van der Waals surface area contributed by atoms with E-state index in [2.05, 4.69) is 33.7 Å². The number of fused-ring (bicyclic) bond motifs is 1. The topological polar surface area (TPSA) is 90.0 Å². The third kappa shape index (κ3) is 3.72. The summed E-state index contributed by atoms with van der Waals surface area (Å²) in [5, 5.41) is 0. The van der Waals surface area contributed by atoms with Gasteiger partial charge in [-0.25, -0.2) is 9.97 Å². The van der Waals surface area contributed by atoms with Crippen molar-refractivity contribution in [1.82, 2.24) is 19.9 Å². The van der Waals surface area contributed by atoms with Crippen molar-refractivity contribution in [1.29, 1.82) is 0 Å². The van der Waals surface area contributed by atoms with E-state index in [-0.39, 0.29) is 12.1 Å². The van der Waals surface area contributed by atoms with Crippen LogP contribution in [0.25, 0.3) is 0 Å². The minimum Gasteiger partial charge on any atom is -0.475 e. The molecule has 0 amide bonds. The average Bonchev–Trinajstić information content (AvgIpc) is 2.88. The van der Waals surface area contributed by atoms with Gasteiger partial charge in [0, 0.05) is 30.8 Å². The monoisotopic (exact) mass is 328 g/mol. The largest absolute Gasteiger partial charge is 0.475 e. The zero-order chi connectivity index (χ0) is 17.3. The van der Waals surface area contributed by atoms with E-state index < -0.39 is 0 Å². The Balaban J connectivity index is 1.81. The molecule has 0 atom stereocenters. The van der Waals surface area contributed by atoms with Gasteiger partial charge >= 0.3 is 0 Å². The number of nitrogen functional groups attached to an aromatic ring is 1. The number of ether oxygens (including phenoxy) is 1. The molecule has 128 valence electrons. The first kappa shape index (κ1) is 16.4. The minimum absolute atomic E-state index is 0.0346. The van der Waals surface area contributed by atoms with E-state index in [0.29, 0.717) is 18.3 Å². The van der Waals surface area contributed by atoms with Gasteiger partial charge in [-0.15, -0.1) is 0 Å². The number of nitrogens with zero attached hydrogens (tertiary/aromatic N) is 5. The van der Waals surface area contributed by atoms with Gasteiger partial charge in [-0.2, -0.15) is 9.97 Å². The summed E-state index contributed by atoms with van der Waals surface area (Å²) in [5.41, 5.74) is 8.02. The number of aromatic nitrogens is 4. The zero-order valence-corrected chi connectivity index (χ0v) is 14.7. The van der Waals surface area contributed by atoms with Crippen LogP contribution in [0.15, 0.2) is 12.3 Å². The molecule has 2 N–H and O–H groups in total. The number of anilines is 2. The molecule has 24 heavy (non-hydrogen) atoms. The van der Waals surface area contributed by atoms with E-state index in [1.54, 1.807) is 0 Å². The Morgan fingerprint density at radius 2 is 1.96 bits per heavy atom. The molecule has 7 nitrogen and oxygen atoms in total. The summed E-state index contributed by atoms with van der Waals surface area (Å²) < 4.78 is 5.65. The van der Waals surface area contributed by atoms with E-state index in [4.69, 9.17) is 15.5 Å². The molecule has 0 spiro atoms. The molecule has 3 heterocycles. The fourth-order valence-corrected chi connectivity index (χ4v) is 2.71. The summed E-state index contributed by atoms with van der Waals surface area (Å²) in [6.07, 6.45) is 2.85. The van der Waals surface area contributed by atoms with Gasteiger partial charge in [0.2, 0.25) is 11.8 Å². The van der Waals surface area contributed by atoms with Crippen LogP contribution < -0.4 is 15.4 Å². The Morgan fingerprint density at radius 3 is 2.67 bits per heavy atom.